The minimum atomic E-state index is -0.0484. The van der Waals surface area contributed by atoms with Crippen LogP contribution in [0.5, 0.6) is 0 Å². The van der Waals surface area contributed by atoms with Crippen molar-refractivity contribution in [3.05, 3.63) is 16.1 Å². The lowest BCUT2D eigenvalue weighted by Crippen LogP contribution is -2.39. The van der Waals surface area contributed by atoms with Gasteiger partial charge in [-0.15, -0.1) is 11.3 Å². The van der Waals surface area contributed by atoms with E-state index >= 15 is 0 Å². The summed E-state index contributed by atoms with van der Waals surface area (Å²) in [5, 5.41) is 12.0. The van der Waals surface area contributed by atoms with Crippen molar-refractivity contribution in [2.75, 3.05) is 13.2 Å². The Bertz CT molecular complexity index is 391. The monoisotopic (exact) mass is 240 g/mol. The Kier molecular flexibility index (Phi) is 3.25. The average molecular weight is 240 g/mol. The van der Waals surface area contributed by atoms with Crippen LogP contribution in [0.15, 0.2) is 5.38 Å². The number of aryl methyl sites for hydroxylation is 1. The average Bonchev–Trinajstić information content (AvgIpc) is 2.83. The molecule has 2 heterocycles. The number of amides is 1. The van der Waals surface area contributed by atoms with E-state index in [1.807, 2.05) is 6.92 Å². The molecular weight excluding hydrogens is 224 g/mol. The minimum Gasteiger partial charge on any atom is -0.394 e. The fraction of sp³-hybridized carbons (Fsp3) is 0.636. The molecule has 0 aliphatic carbocycles. The van der Waals surface area contributed by atoms with Crippen LogP contribution >= 0.6 is 11.3 Å². The van der Waals surface area contributed by atoms with E-state index in [0.29, 0.717) is 11.6 Å². The first-order valence-electron chi connectivity index (χ1n) is 5.47. The van der Waals surface area contributed by atoms with Crippen LogP contribution in [0.25, 0.3) is 0 Å². The van der Waals surface area contributed by atoms with Crippen LogP contribution < -0.4 is 0 Å². The molecule has 1 aliphatic rings. The number of nitrogens with zero attached hydrogens (tertiary/aromatic N) is 2. The van der Waals surface area contributed by atoms with E-state index in [9.17, 15) is 9.90 Å². The third-order valence-electron chi connectivity index (χ3n) is 3.17. The molecule has 2 atom stereocenters. The number of hydrogen-bond donors (Lipinski definition) is 1. The van der Waals surface area contributed by atoms with Crippen LogP contribution in [0.1, 0.15) is 28.8 Å². The summed E-state index contributed by atoms with van der Waals surface area (Å²) in [4.78, 5) is 18.1. The van der Waals surface area contributed by atoms with E-state index in [2.05, 4.69) is 11.9 Å². The van der Waals surface area contributed by atoms with Crippen LogP contribution in [0, 0.1) is 12.8 Å². The lowest BCUT2D eigenvalue weighted by Gasteiger charge is -2.24. The molecule has 0 radical (unpaired) electrons. The van der Waals surface area contributed by atoms with Crippen LogP contribution in [0.4, 0.5) is 0 Å². The molecule has 1 fully saturated rings. The lowest BCUT2D eigenvalue weighted by molar-refractivity contribution is 0.0643. The molecular formula is C11H16N2O2S. The van der Waals surface area contributed by atoms with Gasteiger partial charge in [0, 0.05) is 11.9 Å². The summed E-state index contributed by atoms with van der Waals surface area (Å²) >= 11 is 1.48. The summed E-state index contributed by atoms with van der Waals surface area (Å²) < 4.78 is 0. The van der Waals surface area contributed by atoms with Gasteiger partial charge in [-0.1, -0.05) is 6.92 Å². The van der Waals surface area contributed by atoms with Crippen LogP contribution in [0.3, 0.4) is 0 Å². The van der Waals surface area contributed by atoms with Gasteiger partial charge in [0.05, 0.1) is 17.7 Å². The van der Waals surface area contributed by atoms with E-state index in [0.717, 1.165) is 18.0 Å². The second-order valence-electron chi connectivity index (χ2n) is 4.27. The van der Waals surface area contributed by atoms with Gasteiger partial charge in [0.15, 0.2) is 0 Å². The molecule has 0 bridgehead atoms. The molecule has 4 nitrogen and oxygen atoms in total. The van der Waals surface area contributed by atoms with E-state index < -0.39 is 0 Å². The number of aliphatic hydroxyl groups is 1. The number of carbonyl (C=O) groups excluding carboxylic acids is 1. The maximum absolute atomic E-state index is 12.1. The van der Waals surface area contributed by atoms with Crippen molar-refractivity contribution in [2.24, 2.45) is 5.92 Å². The topological polar surface area (TPSA) is 53.4 Å². The maximum atomic E-state index is 12.1. The van der Waals surface area contributed by atoms with Crippen molar-refractivity contribution < 1.29 is 9.90 Å². The molecule has 0 aromatic carbocycles. The van der Waals surface area contributed by atoms with Gasteiger partial charge in [0.25, 0.3) is 5.91 Å². The Morgan fingerprint density at radius 1 is 1.75 bits per heavy atom. The zero-order chi connectivity index (χ0) is 11.7. The van der Waals surface area contributed by atoms with E-state index in [-0.39, 0.29) is 18.6 Å². The number of aromatic nitrogens is 1. The van der Waals surface area contributed by atoms with Crippen molar-refractivity contribution in [1.29, 1.82) is 0 Å². The lowest BCUT2D eigenvalue weighted by atomic mass is 10.0. The number of rotatable bonds is 2. The van der Waals surface area contributed by atoms with Gasteiger partial charge in [-0.2, -0.15) is 0 Å². The van der Waals surface area contributed by atoms with Crippen molar-refractivity contribution in [3.8, 4) is 0 Å². The fourth-order valence-electron chi connectivity index (χ4n) is 2.15. The minimum absolute atomic E-state index is 0.0377. The van der Waals surface area contributed by atoms with Crippen molar-refractivity contribution in [1.82, 2.24) is 9.88 Å². The predicted molar refractivity (Wildman–Crippen MR) is 62.5 cm³/mol. The Morgan fingerprint density at radius 3 is 3.06 bits per heavy atom. The summed E-state index contributed by atoms with van der Waals surface area (Å²) in [5.41, 5.74) is 0.509. The Morgan fingerprint density at radius 2 is 2.50 bits per heavy atom. The normalized spacial score (nSPS) is 25.1. The summed E-state index contributed by atoms with van der Waals surface area (Å²) in [6, 6.07) is -0.0468. The Hall–Kier alpha value is -0.940. The first-order valence-corrected chi connectivity index (χ1v) is 6.35. The SMILES string of the molecule is Cc1nc(C(=O)N2CCC(C)C2CO)cs1. The number of aliphatic hydroxyl groups excluding tert-OH is 1. The number of hydrogen-bond acceptors (Lipinski definition) is 4. The summed E-state index contributed by atoms with van der Waals surface area (Å²) in [7, 11) is 0. The highest BCUT2D eigenvalue weighted by Gasteiger charge is 2.34. The van der Waals surface area contributed by atoms with Crippen molar-refractivity contribution in [2.45, 2.75) is 26.3 Å². The molecule has 1 saturated heterocycles. The van der Waals surface area contributed by atoms with E-state index in [1.54, 1.807) is 10.3 Å². The highest BCUT2D eigenvalue weighted by atomic mass is 32.1. The van der Waals surface area contributed by atoms with Crippen LogP contribution in [-0.4, -0.2) is 40.1 Å². The zero-order valence-corrected chi connectivity index (χ0v) is 10.3. The summed E-state index contributed by atoms with van der Waals surface area (Å²) in [6.07, 6.45) is 0.958. The number of carbonyl (C=O) groups is 1. The van der Waals surface area contributed by atoms with Crippen LogP contribution in [0.2, 0.25) is 0 Å². The predicted octanol–water partition coefficient (Wildman–Crippen LogP) is 1.29. The molecule has 2 rings (SSSR count). The Labute approximate surface area is 98.9 Å². The molecule has 5 heteroatoms. The zero-order valence-electron chi connectivity index (χ0n) is 9.51. The molecule has 88 valence electrons. The molecule has 16 heavy (non-hydrogen) atoms. The third kappa shape index (κ3) is 1.97. The molecule has 0 saturated carbocycles. The van der Waals surface area contributed by atoms with E-state index in [4.69, 9.17) is 0 Å². The molecule has 1 aromatic heterocycles. The Balaban J connectivity index is 2.16. The highest BCUT2D eigenvalue weighted by molar-refractivity contribution is 7.09. The van der Waals surface area contributed by atoms with Gasteiger partial charge in [0.2, 0.25) is 0 Å². The molecule has 2 unspecified atom stereocenters. The quantitative estimate of drug-likeness (QED) is 0.847. The third-order valence-corrected chi connectivity index (χ3v) is 3.94. The van der Waals surface area contributed by atoms with E-state index in [1.165, 1.54) is 11.3 Å². The first kappa shape index (κ1) is 11.5. The fourth-order valence-corrected chi connectivity index (χ4v) is 2.73. The molecule has 1 aliphatic heterocycles. The highest BCUT2D eigenvalue weighted by Crippen LogP contribution is 2.25. The molecule has 1 N–H and O–H groups in total. The van der Waals surface area contributed by atoms with Gasteiger partial charge < -0.3 is 10.0 Å². The number of likely N-dealkylation sites (tertiary alicyclic amines) is 1. The second kappa shape index (κ2) is 4.51. The molecule has 1 amide bonds. The van der Waals surface area contributed by atoms with Crippen LogP contribution in [-0.2, 0) is 0 Å². The maximum Gasteiger partial charge on any atom is 0.273 e. The standard InChI is InChI=1S/C11H16N2O2S/c1-7-3-4-13(10(7)5-14)11(15)9-6-16-8(2)12-9/h6-7,10,14H,3-5H2,1-2H3. The van der Waals surface area contributed by atoms with Crippen molar-refractivity contribution in [3.63, 3.8) is 0 Å². The smallest absolute Gasteiger partial charge is 0.273 e. The number of thiazole rings is 1. The van der Waals surface area contributed by atoms with Crippen molar-refractivity contribution >= 4 is 17.2 Å². The first-order chi connectivity index (χ1) is 7.63. The molecule has 1 aromatic rings. The van der Waals surface area contributed by atoms with Gasteiger partial charge in [0.1, 0.15) is 5.69 Å². The van der Waals surface area contributed by atoms with Gasteiger partial charge in [-0.3, -0.25) is 4.79 Å². The second-order valence-corrected chi connectivity index (χ2v) is 5.33. The summed E-state index contributed by atoms with van der Waals surface area (Å²) in [6.45, 7) is 4.72. The summed E-state index contributed by atoms with van der Waals surface area (Å²) in [5.74, 6) is 0.321. The largest absolute Gasteiger partial charge is 0.394 e. The van der Waals surface area contributed by atoms with Gasteiger partial charge >= 0.3 is 0 Å². The van der Waals surface area contributed by atoms with Gasteiger partial charge in [-0.25, -0.2) is 4.98 Å². The van der Waals surface area contributed by atoms with Gasteiger partial charge in [-0.05, 0) is 19.3 Å². The molecule has 0 spiro atoms.